The van der Waals surface area contributed by atoms with Crippen molar-refractivity contribution < 1.29 is 14.3 Å². The molecule has 0 aliphatic carbocycles. The molecule has 0 radical (unpaired) electrons. The Hall–Kier alpha value is -4.11. The number of thioether (sulfide) groups is 1. The van der Waals surface area contributed by atoms with Crippen LogP contribution in [0.25, 0.3) is 17.1 Å². The van der Waals surface area contributed by atoms with Crippen molar-refractivity contribution in [2.24, 2.45) is 0 Å². The summed E-state index contributed by atoms with van der Waals surface area (Å²) in [5.74, 6) is 1.06. The maximum atomic E-state index is 12.6. The maximum absolute atomic E-state index is 12.6. The minimum Gasteiger partial charge on any atom is -0.495 e. The van der Waals surface area contributed by atoms with Crippen LogP contribution in [0.3, 0.4) is 0 Å². The van der Waals surface area contributed by atoms with Crippen LogP contribution < -0.4 is 15.4 Å². The highest BCUT2D eigenvalue weighted by Crippen LogP contribution is 2.29. The van der Waals surface area contributed by atoms with Gasteiger partial charge in [0.25, 0.3) is 0 Å². The van der Waals surface area contributed by atoms with Crippen LogP contribution in [-0.4, -0.2) is 39.4 Å². The summed E-state index contributed by atoms with van der Waals surface area (Å²) in [6, 6.07) is 24.3. The highest BCUT2D eigenvalue weighted by molar-refractivity contribution is 7.99. The van der Waals surface area contributed by atoms with Gasteiger partial charge in [-0.2, -0.15) is 0 Å². The third kappa shape index (κ3) is 5.44. The van der Waals surface area contributed by atoms with E-state index in [1.54, 1.807) is 19.2 Å². The topological polar surface area (TPSA) is 98.1 Å². The number of benzene rings is 3. The predicted octanol–water partition coefficient (Wildman–Crippen LogP) is 4.63. The molecular weight excluding hydrogens is 450 g/mol. The molecule has 0 bridgehead atoms. The lowest BCUT2D eigenvalue weighted by atomic mass is 10.2. The molecule has 3 aromatic carbocycles. The number of hydrogen-bond acceptors (Lipinski definition) is 6. The molecule has 0 saturated heterocycles. The number of aromatic nitrogens is 3. The molecule has 1 heterocycles. The van der Waals surface area contributed by atoms with Crippen molar-refractivity contribution in [2.45, 2.75) is 12.1 Å². The Kier molecular flexibility index (Phi) is 7.24. The Morgan fingerprint density at radius 3 is 2.32 bits per heavy atom. The number of para-hydroxylation sites is 3. The summed E-state index contributed by atoms with van der Waals surface area (Å²) in [6.45, 7) is 1.47. The summed E-state index contributed by atoms with van der Waals surface area (Å²) in [7, 11) is 1.56. The quantitative estimate of drug-likeness (QED) is 0.362. The van der Waals surface area contributed by atoms with E-state index in [9.17, 15) is 9.59 Å². The Bertz CT molecular complexity index is 1290. The lowest BCUT2D eigenvalue weighted by Gasteiger charge is -2.12. The molecular formula is C25H23N5O3S. The van der Waals surface area contributed by atoms with E-state index in [4.69, 9.17) is 4.74 Å². The van der Waals surface area contributed by atoms with Crippen molar-refractivity contribution in [3.63, 3.8) is 0 Å². The molecule has 4 rings (SSSR count). The molecule has 9 heteroatoms. The molecule has 2 amide bonds. The van der Waals surface area contributed by atoms with Crippen LogP contribution in [0, 0.1) is 0 Å². The minimum absolute atomic E-state index is 0.134. The number of anilines is 2. The van der Waals surface area contributed by atoms with Crippen LogP contribution in [0.2, 0.25) is 0 Å². The fourth-order valence-electron chi connectivity index (χ4n) is 3.33. The minimum atomic E-state index is -0.182. The summed E-state index contributed by atoms with van der Waals surface area (Å²) < 4.78 is 7.21. The molecule has 4 aromatic rings. The molecule has 0 aliphatic heterocycles. The van der Waals surface area contributed by atoms with Gasteiger partial charge in [-0.25, -0.2) is 0 Å². The number of nitrogens with one attached hydrogen (secondary N) is 2. The van der Waals surface area contributed by atoms with Gasteiger partial charge in [-0.3, -0.25) is 14.2 Å². The fraction of sp³-hybridized carbons (Fsp3) is 0.120. The molecule has 1 aromatic heterocycles. The number of carbonyl (C=O) groups excluding carboxylic acids is 2. The standard InChI is InChI=1S/C25H23N5O3S/c1-17(31)26-19-14-12-18(13-15-19)24-28-29-25(30(24)20-8-4-3-5-9-20)34-16-23(32)27-21-10-6-7-11-22(21)33-2/h3-15H,16H2,1-2H3,(H,26,31)(H,27,32). The lowest BCUT2D eigenvalue weighted by Crippen LogP contribution is -2.15. The van der Waals surface area contributed by atoms with Crippen LogP contribution in [0.1, 0.15) is 6.92 Å². The SMILES string of the molecule is COc1ccccc1NC(=O)CSc1nnc(-c2ccc(NC(C)=O)cc2)n1-c1ccccc1. The number of ether oxygens (including phenoxy) is 1. The van der Waals surface area contributed by atoms with E-state index in [0.717, 1.165) is 11.3 Å². The number of methoxy groups -OCH3 is 1. The monoisotopic (exact) mass is 473 g/mol. The van der Waals surface area contributed by atoms with Gasteiger partial charge < -0.3 is 15.4 Å². The maximum Gasteiger partial charge on any atom is 0.234 e. The molecule has 8 nitrogen and oxygen atoms in total. The zero-order valence-corrected chi connectivity index (χ0v) is 19.5. The Morgan fingerprint density at radius 2 is 1.62 bits per heavy atom. The molecule has 0 fully saturated rings. The first-order valence-electron chi connectivity index (χ1n) is 10.5. The zero-order chi connectivity index (χ0) is 23.9. The molecule has 172 valence electrons. The number of hydrogen-bond donors (Lipinski definition) is 2. The lowest BCUT2D eigenvalue weighted by molar-refractivity contribution is -0.114. The first kappa shape index (κ1) is 23.1. The van der Waals surface area contributed by atoms with Crippen molar-refractivity contribution in [1.29, 1.82) is 0 Å². The molecule has 34 heavy (non-hydrogen) atoms. The van der Waals surface area contributed by atoms with E-state index in [1.807, 2.05) is 71.3 Å². The van der Waals surface area contributed by atoms with Crippen molar-refractivity contribution in [1.82, 2.24) is 14.8 Å². The van der Waals surface area contributed by atoms with Gasteiger partial charge in [0.2, 0.25) is 11.8 Å². The van der Waals surface area contributed by atoms with Crippen molar-refractivity contribution >= 4 is 35.0 Å². The Balaban J connectivity index is 1.57. The predicted molar refractivity (Wildman–Crippen MR) is 133 cm³/mol. The largest absolute Gasteiger partial charge is 0.495 e. The first-order chi connectivity index (χ1) is 16.5. The van der Waals surface area contributed by atoms with Gasteiger partial charge in [-0.15, -0.1) is 10.2 Å². The number of carbonyl (C=O) groups is 2. The zero-order valence-electron chi connectivity index (χ0n) is 18.7. The number of rotatable bonds is 8. The molecule has 0 spiro atoms. The second-order valence-electron chi connectivity index (χ2n) is 7.27. The summed E-state index contributed by atoms with van der Waals surface area (Å²) in [4.78, 5) is 23.9. The molecule has 0 atom stereocenters. The second-order valence-corrected chi connectivity index (χ2v) is 8.22. The normalized spacial score (nSPS) is 10.5. The van der Waals surface area contributed by atoms with Crippen LogP contribution >= 0.6 is 11.8 Å². The van der Waals surface area contributed by atoms with Crippen molar-refractivity contribution in [3.8, 4) is 22.8 Å². The summed E-state index contributed by atoms with van der Waals surface area (Å²) in [5, 5.41) is 15.0. The van der Waals surface area contributed by atoms with Gasteiger partial charge in [0.15, 0.2) is 11.0 Å². The first-order valence-corrected chi connectivity index (χ1v) is 11.5. The van der Waals surface area contributed by atoms with E-state index in [-0.39, 0.29) is 17.6 Å². The molecule has 2 N–H and O–H groups in total. The van der Waals surface area contributed by atoms with Gasteiger partial charge >= 0.3 is 0 Å². The van der Waals surface area contributed by atoms with Gasteiger partial charge in [0, 0.05) is 23.9 Å². The van der Waals surface area contributed by atoms with E-state index >= 15 is 0 Å². The average molecular weight is 474 g/mol. The second kappa shape index (κ2) is 10.7. The van der Waals surface area contributed by atoms with E-state index in [1.165, 1.54) is 18.7 Å². The summed E-state index contributed by atoms with van der Waals surface area (Å²) in [5.41, 5.74) is 3.02. The van der Waals surface area contributed by atoms with E-state index in [0.29, 0.717) is 28.1 Å². The number of nitrogens with zero attached hydrogens (tertiary/aromatic N) is 3. The van der Waals surface area contributed by atoms with Crippen LogP contribution in [0.4, 0.5) is 11.4 Å². The van der Waals surface area contributed by atoms with Crippen molar-refractivity contribution in [3.05, 3.63) is 78.9 Å². The fourth-order valence-corrected chi connectivity index (χ4v) is 4.08. The van der Waals surface area contributed by atoms with Crippen LogP contribution in [-0.2, 0) is 9.59 Å². The van der Waals surface area contributed by atoms with E-state index in [2.05, 4.69) is 20.8 Å². The Morgan fingerprint density at radius 1 is 0.912 bits per heavy atom. The summed E-state index contributed by atoms with van der Waals surface area (Å²) in [6.07, 6.45) is 0. The van der Waals surface area contributed by atoms with Crippen molar-refractivity contribution in [2.75, 3.05) is 23.5 Å². The molecule has 0 aliphatic rings. The molecule has 0 unspecified atom stereocenters. The highest BCUT2D eigenvalue weighted by atomic mass is 32.2. The highest BCUT2D eigenvalue weighted by Gasteiger charge is 2.18. The van der Waals surface area contributed by atoms with Gasteiger partial charge in [0.05, 0.1) is 18.6 Å². The summed E-state index contributed by atoms with van der Waals surface area (Å²) >= 11 is 1.29. The average Bonchev–Trinajstić information content (AvgIpc) is 3.28. The molecule has 0 saturated carbocycles. The Labute approximate surface area is 201 Å². The van der Waals surface area contributed by atoms with Crippen LogP contribution in [0.15, 0.2) is 84.0 Å². The smallest absolute Gasteiger partial charge is 0.234 e. The van der Waals surface area contributed by atoms with Crippen LogP contribution in [0.5, 0.6) is 5.75 Å². The van der Waals surface area contributed by atoms with E-state index < -0.39 is 0 Å². The third-order valence-corrected chi connectivity index (χ3v) is 5.75. The van der Waals surface area contributed by atoms with Gasteiger partial charge in [-0.1, -0.05) is 42.1 Å². The van der Waals surface area contributed by atoms with Gasteiger partial charge in [-0.05, 0) is 48.5 Å². The third-order valence-electron chi connectivity index (χ3n) is 4.82. The number of amides is 2. The van der Waals surface area contributed by atoms with Gasteiger partial charge in [0.1, 0.15) is 5.75 Å².